The van der Waals surface area contributed by atoms with Crippen molar-refractivity contribution in [3.8, 4) is 0 Å². The second-order valence-electron chi connectivity index (χ2n) is 6.70. The maximum atomic E-state index is 6.61. The molecule has 3 aliphatic carbocycles. The van der Waals surface area contributed by atoms with Crippen LogP contribution < -0.4 is 5.73 Å². The molecule has 0 bridgehead atoms. The molecule has 2 fully saturated rings. The van der Waals surface area contributed by atoms with Crippen LogP contribution >= 0.6 is 0 Å². The van der Waals surface area contributed by atoms with Crippen LogP contribution in [-0.2, 0) is 6.42 Å². The first-order valence-corrected chi connectivity index (χ1v) is 7.92. The van der Waals surface area contributed by atoms with Gasteiger partial charge in [-0.2, -0.15) is 0 Å². The molecule has 4 rings (SSSR count). The molecule has 102 valence electrons. The van der Waals surface area contributed by atoms with Gasteiger partial charge in [-0.1, -0.05) is 24.3 Å². The summed E-state index contributed by atoms with van der Waals surface area (Å²) in [6.45, 7) is 1.31. The van der Waals surface area contributed by atoms with E-state index in [2.05, 4.69) is 29.2 Å². The predicted molar refractivity (Wildman–Crippen MR) is 77.9 cm³/mol. The van der Waals surface area contributed by atoms with Crippen LogP contribution in [-0.4, -0.2) is 23.5 Å². The summed E-state index contributed by atoms with van der Waals surface area (Å²) in [7, 11) is 0. The van der Waals surface area contributed by atoms with Crippen LogP contribution in [0.5, 0.6) is 0 Å². The summed E-state index contributed by atoms with van der Waals surface area (Å²) >= 11 is 0. The van der Waals surface area contributed by atoms with Gasteiger partial charge in [0.15, 0.2) is 0 Å². The van der Waals surface area contributed by atoms with Crippen LogP contribution in [0.15, 0.2) is 24.3 Å². The van der Waals surface area contributed by atoms with E-state index in [0.717, 1.165) is 12.0 Å². The van der Waals surface area contributed by atoms with Gasteiger partial charge < -0.3 is 5.73 Å². The van der Waals surface area contributed by atoms with Crippen LogP contribution in [0.25, 0.3) is 0 Å². The molecule has 3 aliphatic rings. The van der Waals surface area contributed by atoms with Crippen molar-refractivity contribution in [3.63, 3.8) is 0 Å². The van der Waals surface area contributed by atoms with Crippen molar-refractivity contribution in [2.75, 3.05) is 6.54 Å². The van der Waals surface area contributed by atoms with Crippen LogP contribution in [0.3, 0.4) is 0 Å². The van der Waals surface area contributed by atoms with Crippen molar-refractivity contribution in [3.05, 3.63) is 35.4 Å². The van der Waals surface area contributed by atoms with Gasteiger partial charge in [0.2, 0.25) is 0 Å². The van der Waals surface area contributed by atoms with Gasteiger partial charge in [0, 0.05) is 24.7 Å². The molecule has 0 amide bonds. The standard InChI is InChI=1S/C17H24N2/c18-17-15-4-2-1-3-13(15)7-10-16(17)19(14-8-9-14)11-12-5-6-12/h1-4,12,14,16-17H,5-11,18H2. The van der Waals surface area contributed by atoms with E-state index in [0.29, 0.717) is 6.04 Å². The molecule has 1 aromatic carbocycles. The van der Waals surface area contributed by atoms with Crippen LogP contribution in [0.4, 0.5) is 0 Å². The lowest BCUT2D eigenvalue weighted by atomic mass is 9.83. The minimum absolute atomic E-state index is 0.226. The van der Waals surface area contributed by atoms with Gasteiger partial charge in [0.1, 0.15) is 0 Å². The van der Waals surface area contributed by atoms with Gasteiger partial charge in [0.05, 0.1) is 0 Å². The maximum Gasteiger partial charge on any atom is 0.0456 e. The van der Waals surface area contributed by atoms with Crippen molar-refractivity contribution >= 4 is 0 Å². The smallest absolute Gasteiger partial charge is 0.0456 e. The third kappa shape index (κ3) is 2.32. The van der Waals surface area contributed by atoms with E-state index in [1.165, 1.54) is 56.2 Å². The van der Waals surface area contributed by atoms with Crippen molar-refractivity contribution in [2.24, 2.45) is 11.7 Å². The zero-order valence-electron chi connectivity index (χ0n) is 11.6. The molecule has 2 saturated carbocycles. The molecule has 2 N–H and O–H groups in total. The average Bonchev–Trinajstić information content (AvgIpc) is 3.30. The Morgan fingerprint density at radius 1 is 1.05 bits per heavy atom. The van der Waals surface area contributed by atoms with Gasteiger partial charge >= 0.3 is 0 Å². The fraction of sp³-hybridized carbons (Fsp3) is 0.647. The van der Waals surface area contributed by atoms with Gasteiger partial charge in [-0.3, -0.25) is 4.90 Å². The van der Waals surface area contributed by atoms with E-state index in [1.54, 1.807) is 0 Å². The van der Waals surface area contributed by atoms with E-state index in [4.69, 9.17) is 5.73 Å². The summed E-state index contributed by atoms with van der Waals surface area (Å²) < 4.78 is 0. The van der Waals surface area contributed by atoms with Gasteiger partial charge in [-0.15, -0.1) is 0 Å². The monoisotopic (exact) mass is 256 g/mol. The van der Waals surface area contributed by atoms with Gasteiger partial charge in [-0.25, -0.2) is 0 Å². The highest BCUT2D eigenvalue weighted by Crippen LogP contribution is 2.40. The molecular formula is C17H24N2. The van der Waals surface area contributed by atoms with Crippen LogP contribution in [0.2, 0.25) is 0 Å². The summed E-state index contributed by atoms with van der Waals surface area (Å²) in [5.41, 5.74) is 9.49. The Morgan fingerprint density at radius 3 is 2.58 bits per heavy atom. The molecule has 0 saturated heterocycles. The van der Waals surface area contributed by atoms with Crippen LogP contribution in [0, 0.1) is 5.92 Å². The topological polar surface area (TPSA) is 29.3 Å². The molecule has 0 heterocycles. The molecule has 2 nitrogen and oxygen atoms in total. The van der Waals surface area contributed by atoms with Crippen LogP contribution in [0.1, 0.15) is 49.3 Å². The first-order valence-electron chi connectivity index (χ1n) is 7.92. The Morgan fingerprint density at radius 2 is 1.84 bits per heavy atom. The van der Waals surface area contributed by atoms with E-state index in [-0.39, 0.29) is 6.04 Å². The first kappa shape index (κ1) is 11.9. The third-order valence-corrected chi connectivity index (χ3v) is 5.15. The summed E-state index contributed by atoms with van der Waals surface area (Å²) in [4.78, 5) is 2.78. The lowest BCUT2D eigenvalue weighted by Gasteiger charge is -2.40. The molecule has 0 radical (unpaired) electrons. The molecule has 19 heavy (non-hydrogen) atoms. The number of fused-ring (bicyclic) bond motifs is 1. The highest BCUT2D eigenvalue weighted by Gasteiger charge is 2.41. The maximum absolute atomic E-state index is 6.61. The predicted octanol–water partition coefficient (Wildman–Crippen LogP) is 2.88. The molecular weight excluding hydrogens is 232 g/mol. The van der Waals surface area contributed by atoms with E-state index in [9.17, 15) is 0 Å². The fourth-order valence-electron chi connectivity index (χ4n) is 3.71. The summed E-state index contributed by atoms with van der Waals surface area (Å²) in [5, 5.41) is 0. The average molecular weight is 256 g/mol. The zero-order chi connectivity index (χ0) is 12.8. The van der Waals surface area contributed by atoms with Gasteiger partial charge in [-0.05, 0) is 55.6 Å². The number of hydrogen-bond acceptors (Lipinski definition) is 2. The Labute approximate surface area is 116 Å². The largest absolute Gasteiger partial charge is 0.323 e. The molecule has 2 atom stereocenters. The SMILES string of the molecule is NC1c2ccccc2CCC1N(CC1CC1)C1CC1. The number of nitrogens with two attached hydrogens (primary N) is 1. The Kier molecular flexibility index (Phi) is 2.89. The van der Waals surface area contributed by atoms with Crippen molar-refractivity contribution < 1.29 is 0 Å². The summed E-state index contributed by atoms with van der Waals surface area (Å²) in [6, 6.07) is 10.5. The highest BCUT2D eigenvalue weighted by molar-refractivity contribution is 5.33. The summed E-state index contributed by atoms with van der Waals surface area (Å²) in [5.74, 6) is 0.977. The van der Waals surface area contributed by atoms with Crippen molar-refractivity contribution in [1.82, 2.24) is 4.90 Å². The molecule has 0 aromatic heterocycles. The Hall–Kier alpha value is -0.860. The number of rotatable bonds is 4. The van der Waals surface area contributed by atoms with E-state index < -0.39 is 0 Å². The van der Waals surface area contributed by atoms with E-state index in [1.807, 2.05) is 0 Å². The molecule has 0 spiro atoms. The molecule has 2 unspecified atom stereocenters. The second kappa shape index (κ2) is 4.60. The van der Waals surface area contributed by atoms with Crippen molar-refractivity contribution in [2.45, 2.75) is 56.7 Å². The highest BCUT2D eigenvalue weighted by atomic mass is 15.2. The minimum Gasteiger partial charge on any atom is -0.323 e. The number of benzene rings is 1. The fourth-order valence-corrected chi connectivity index (χ4v) is 3.71. The number of hydrogen-bond donors (Lipinski definition) is 1. The summed E-state index contributed by atoms with van der Waals surface area (Å²) in [6.07, 6.45) is 8.16. The van der Waals surface area contributed by atoms with E-state index >= 15 is 0 Å². The Bertz CT molecular complexity index is 462. The second-order valence-corrected chi connectivity index (χ2v) is 6.70. The normalized spacial score (nSPS) is 30.4. The van der Waals surface area contributed by atoms with Gasteiger partial charge in [0.25, 0.3) is 0 Å². The molecule has 2 heteroatoms. The first-order chi connectivity index (χ1) is 9.33. The third-order valence-electron chi connectivity index (χ3n) is 5.15. The molecule has 0 aliphatic heterocycles. The minimum atomic E-state index is 0.226. The Balaban J connectivity index is 1.57. The van der Waals surface area contributed by atoms with Crippen molar-refractivity contribution in [1.29, 1.82) is 0 Å². The zero-order valence-corrected chi connectivity index (χ0v) is 11.6. The lowest BCUT2D eigenvalue weighted by molar-refractivity contribution is 0.139. The lowest BCUT2D eigenvalue weighted by Crippen LogP contribution is -2.47. The molecule has 1 aromatic rings. The number of aryl methyl sites for hydroxylation is 1. The quantitative estimate of drug-likeness (QED) is 0.897. The number of nitrogens with zero attached hydrogens (tertiary/aromatic N) is 1.